The maximum absolute atomic E-state index is 9.16. The third-order valence-electron chi connectivity index (χ3n) is 2.94. The summed E-state index contributed by atoms with van der Waals surface area (Å²) in [4.78, 5) is 0. The molecule has 0 amide bonds. The zero-order valence-electron chi connectivity index (χ0n) is 11.3. The number of nitrogens with zero attached hydrogens (tertiary/aromatic N) is 2. The average Bonchev–Trinajstić information content (AvgIpc) is 2.73. The molecule has 1 heterocycles. The number of unbranched alkanes of at least 4 members (excludes halogenated alkanes) is 1. The van der Waals surface area contributed by atoms with Crippen LogP contribution in [0.15, 0.2) is 30.3 Å². The first kappa shape index (κ1) is 14.3. The summed E-state index contributed by atoms with van der Waals surface area (Å²) in [5.74, 6) is 1.10. The molecule has 2 rings (SSSR count). The Hall–Kier alpha value is -2.12. The second-order valence-corrected chi connectivity index (χ2v) is 4.90. The van der Waals surface area contributed by atoms with Gasteiger partial charge in [-0.15, -0.1) is 0 Å². The summed E-state index contributed by atoms with van der Waals surface area (Å²) in [6, 6.07) is 10.9. The minimum atomic E-state index is 0.456. The number of anilines is 1. The molecule has 1 aromatic heterocycles. The molecule has 2 N–H and O–H groups in total. The lowest BCUT2D eigenvalue weighted by molar-refractivity contribution is 0.425. The van der Waals surface area contributed by atoms with E-state index in [1.807, 2.05) is 0 Å². The number of nitriles is 1. The van der Waals surface area contributed by atoms with Crippen LogP contribution in [0, 0.1) is 11.3 Å². The molecule has 104 valence electrons. The van der Waals surface area contributed by atoms with Gasteiger partial charge in [-0.3, -0.25) is 0 Å². The SMILES string of the molecule is CCCCn1c(C#N)cc(N)c1Oc1cccc(Cl)c1. The summed E-state index contributed by atoms with van der Waals surface area (Å²) in [5, 5.41) is 9.75. The molecule has 0 unspecified atom stereocenters. The minimum Gasteiger partial charge on any atom is -0.439 e. The third kappa shape index (κ3) is 3.06. The van der Waals surface area contributed by atoms with Crippen molar-refractivity contribution in [1.82, 2.24) is 4.57 Å². The topological polar surface area (TPSA) is 64.0 Å². The van der Waals surface area contributed by atoms with Gasteiger partial charge in [-0.25, -0.2) is 0 Å². The lowest BCUT2D eigenvalue weighted by Crippen LogP contribution is -2.03. The van der Waals surface area contributed by atoms with Crippen molar-refractivity contribution in [3.63, 3.8) is 0 Å². The van der Waals surface area contributed by atoms with Crippen LogP contribution in [0.2, 0.25) is 5.02 Å². The van der Waals surface area contributed by atoms with E-state index in [1.54, 1.807) is 34.9 Å². The van der Waals surface area contributed by atoms with Crippen LogP contribution >= 0.6 is 11.6 Å². The van der Waals surface area contributed by atoms with Crippen LogP contribution in [0.5, 0.6) is 11.6 Å². The number of hydrogen-bond donors (Lipinski definition) is 1. The molecule has 5 heteroatoms. The molecular weight excluding hydrogens is 274 g/mol. The van der Waals surface area contributed by atoms with Gasteiger partial charge in [0.1, 0.15) is 17.5 Å². The Morgan fingerprint density at radius 2 is 2.20 bits per heavy atom. The van der Waals surface area contributed by atoms with E-state index in [-0.39, 0.29) is 0 Å². The number of aromatic nitrogens is 1. The fourth-order valence-corrected chi connectivity index (χ4v) is 2.12. The summed E-state index contributed by atoms with van der Waals surface area (Å²) in [6.45, 7) is 2.79. The van der Waals surface area contributed by atoms with E-state index >= 15 is 0 Å². The van der Waals surface area contributed by atoms with Gasteiger partial charge in [0, 0.05) is 17.6 Å². The van der Waals surface area contributed by atoms with Crippen LogP contribution in [0.25, 0.3) is 0 Å². The summed E-state index contributed by atoms with van der Waals surface area (Å²) >= 11 is 5.94. The molecule has 0 atom stereocenters. The highest BCUT2D eigenvalue weighted by molar-refractivity contribution is 6.30. The van der Waals surface area contributed by atoms with Crippen molar-refractivity contribution in [3.8, 4) is 17.7 Å². The van der Waals surface area contributed by atoms with Gasteiger partial charge < -0.3 is 15.0 Å². The zero-order chi connectivity index (χ0) is 14.5. The van der Waals surface area contributed by atoms with E-state index in [0.29, 0.717) is 34.6 Å². The van der Waals surface area contributed by atoms with Crippen molar-refractivity contribution in [2.24, 2.45) is 0 Å². The van der Waals surface area contributed by atoms with Gasteiger partial charge in [0.05, 0.1) is 5.69 Å². The van der Waals surface area contributed by atoms with Crippen LogP contribution in [0.1, 0.15) is 25.5 Å². The number of benzene rings is 1. The Kier molecular flexibility index (Phi) is 4.54. The summed E-state index contributed by atoms with van der Waals surface area (Å²) in [5.41, 5.74) is 6.91. The van der Waals surface area contributed by atoms with E-state index in [1.165, 1.54) is 0 Å². The predicted octanol–water partition coefficient (Wildman–Crippen LogP) is 4.19. The standard InChI is InChI=1S/C15H16ClN3O/c1-2-3-7-19-12(10-17)9-14(18)15(19)20-13-6-4-5-11(16)8-13/h4-6,8-9H,2-3,7,18H2,1H3. The molecule has 0 aliphatic rings. The van der Waals surface area contributed by atoms with Crippen molar-refractivity contribution in [3.05, 3.63) is 41.0 Å². The second kappa shape index (κ2) is 6.36. The Labute approximate surface area is 123 Å². The molecule has 1 aromatic carbocycles. The number of hydrogen-bond acceptors (Lipinski definition) is 3. The Balaban J connectivity index is 2.35. The number of rotatable bonds is 5. The Morgan fingerprint density at radius 3 is 2.85 bits per heavy atom. The van der Waals surface area contributed by atoms with Gasteiger partial charge in [0.2, 0.25) is 5.88 Å². The number of nitrogens with two attached hydrogens (primary N) is 1. The first-order chi connectivity index (χ1) is 9.65. The maximum atomic E-state index is 9.16. The quantitative estimate of drug-likeness (QED) is 0.897. The summed E-state index contributed by atoms with van der Waals surface area (Å²) in [6.07, 6.45) is 1.98. The molecule has 2 aromatic rings. The molecule has 0 saturated carbocycles. The Morgan fingerprint density at radius 1 is 1.40 bits per heavy atom. The molecule has 0 spiro atoms. The van der Waals surface area contributed by atoms with Crippen molar-refractivity contribution < 1.29 is 4.74 Å². The van der Waals surface area contributed by atoms with Gasteiger partial charge in [0.15, 0.2) is 0 Å². The molecule has 0 bridgehead atoms. The van der Waals surface area contributed by atoms with Crippen molar-refractivity contribution in [2.45, 2.75) is 26.3 Å². The van der Waals surface area contributed by atoms with E-state index in [4.69, 9.17) is 27.3 Å². The highest BCUT2D eigenvalue weighted by atomic mass is 35.5. The van der Waals surface area contributed by atoms with E-state index in [0.717, 1.165) is 12.8 Å². The maximum Gasteiger partial charge on any atom is 0.224 e. The molecule has 0 radical (unpaired) electrons. The fraction of sp³-hybridized carbons (Fsp3) is 0.267. The Bertz CT molecular complexity index is 643. The molecule has 0 aliphatic heterocycles. The second-order valence-electron chi connectivity index (χ2n) is 4.47. The zero-order valence-corrected chi connectivity index (χ0v) is 12.0. The van der Waals surface area contributed by atoms with Crippen molar-refractivity contribution in [1.29, 1.82) is 5.26 Å². The van der Waals surface area contributed by atoms with E-state index in [9.17, 15) is 0 Å². The van der Waals surface area contributed by atoms with Crippen LogP contribution in [0.4, 0.5) is 5.69 Å². The van der Waals surface area contributed by atoms with Gasteiger partial charge in [-0.2, -0.15) is 5.26 Å². The molecular formula is C15H16ClN3O. The first-order valence-corrected chi connectivity index (χ1v) is 6.86. The summed E-state index contributed by atoms with van der Waals surface area (Å²) in [7, 11) is 0. The van der Waals surface area contributed by atoms with Crippen molar-refractivity contribution in [2.75, 3.05) is 5.73 Å². The number of halogens is 1. The average molecular weight is 290 g/mol. The predicted molar refractivity (Wildman–Crippen MR) is 80.0 cm³/mol. The monoisotopic (exact) mass is 289 g/mol. The van der Waals surface area contributed by atoms with E-state index in [2.05, 4.69) is 13.0 Å². The lowest BCUT2D eigenvalue weighted by atomic mass is 10.3. The van der Waals surface area contributed by atoms with Gasteiger partial charge in [-0.1, -0.05) is 31.0 Å². The van der Waals surface area contributed by atoms with Crippen molar-refractivity contribution >= 4 is 17.3 Å². The van der Waals surface area contributed by atoms with Gasteiger partial charge in [0.25, 0.3) is 0 Å². The molecule has 0 aliphatic carbocycles. The molecule has 0 fully saturated rings. The first-order valence-electron chi connectivity index (χ1n) is 6.48. The van der Waals surface area contributed by atoms with Crippen LogP contribution in [-0.4, -0.2) is 4.57 Å². The minimum absolute atomic E-state index is 0.456. The molecule has 0 saturated heterocycles. The molecule has 4 nitrogen and oxygen atoms in total. The van der Waals surface area contributed by atoms with Crippen LogP contribution in [0.3, 0.4) is 0 Å². The number of ether oxygens (including phenoxy) is 1. The lowest BCUT2D eigenvalue weighted by Gasteiger charge is -2.12. The van der Waals surface area contributed by atoms with E-state index < -0.39 is 0 Å². The largest absolute Gasteiger partial charge is 0.439 e. The number of nitrogen functional groups attached to an aromatic ring is 1. The van der Waals surface area contributed by atoms with Gasteiger partial charge >= 0.3 is 0 Å². The van der Waals surface area contributed by atoms with Crippen LogP contribution in [-0.2, 0) is 6.54 Å². The highest BCUT2D eigenvalue weighted by Gasteiger charge is 2.15. The summed E-state index contributed by atoms with van der Waals surface area (Å²) < 4.78 is 7.61. The smallest absolute Gasteiger partial charge is 0.224 e. The highest BCUT2D eigenvalue weighted by Crippen LogP contribution is 2.32. The fourth-order valence-electron chi connectivity index (χ4n) is 1.94. The van der Waals surface area contributed by atoms with Gasteiger partial charge in [-0.05, 0) is 24.6 Å². The normalized spacial score (nSPS) is 10.2. The molecule has 20 heavy (non-hydrogen) atoms. The van der Waals surface area contributed by atoms with Crippen LogP contribution < -0.4 is 10.5 Å². The third-order valence-corrected chi connectivity index (χ3v) is 3.17.